The van der Waals surface area contributed by atoms with E-state index in [9.17, 15) is 9.59 Å². The zero-order chi connectivity index (χ0) is 19.0. The number of ketones is 1. The molecule has 0 aromatic heterocycles. The smallest absolute Gasteiger partial charge is 0.319 e. The van der Waals surface area contributed by atoms with Gasteiger partial charge in [-0.15, -0.1) is 0 Å². The third-order valence-electron chi connectivity index (χ3n) is 5.39. The number of esters is 1. The molecule has 1 saturated carbocycles. The minimum absolute atomic E-state index is 0.0270. The average Bonchev–Trinajstić information content (AvgIpc) is 2.86. The SMILES string of the molecule is COC(=O)C1(Cc2ccc(C(C)(C)C)cc2C(C)(C)C)CCCC1=O. The van der Waals surface area contributed by atoms with E-state index < -0.39 is 5.41 Å². The van der Waals surface area contributed by atoms with Crippen molar-refractivity contribution < 1.29 is 14.3 Å². The molecule has 1 aliphatic rings. The molecule has 0 saturated heterocycles. The fourth-order valence-electron chi connectivity index (χ4n) is 3.82. The van der Waals surface area contributed by atoms with Crippen LogP contribution in [0.25, 0.3) is 0 Å². The van der Waals surface area contributed by atoms with E-state index in [-0.39, 0.29) is 22.6 Å². The highest BCUT2D eigenvalue weighted by molar-refractivity contribution is 6.05. The van der Waals surface area contributed by atoms with Crippen molar-refractivity contribution in [2.24, 2.45) is 5.41 Å². The van der Waals surface area contributed by atoms with E-state index in [0.29, 0.717) is 19.3 Å². The molecule has 1 atom stereocenters. The molecule has 3 nitrogen and oxygen atoms in total. The molecule has 1 aromatic carbocycles. The van der Waals surface area contributed by atoms with Crippen molar-refractivity contribution in [2.45, 2.75) is 78.1 Å². The molecule has 1 aromatic rings. The van der Waals surface area contributed by atoms with Crippen LogP contribution >= 0.6 is 0 Å². The Hall–Kier alpha value is -1.64. The standard InChI is InChI=1S/C22H32O3/c1-20(2,3)16-11-10-15(17(13-16)21(4,5)6)14-22(19(24)25-7)12-8-9-18(22)23/h10-11,13H,8-9,12,14H2,1-7H3. The van der Waals surface area contributed by atoms with Crippen molar-refractivity contribution in [3.8, 4) is 0 Å². The summed E-state index contributed by atoms with van der Waals surface area (Å²) in [6.45, 7) is 13.1. The summed E-state index contributed by atoms with van der Waals surface area (Å²) < 4.78 is 5.02. The van der Waals surface area contributed by atoms with Gasteiger partial charge in [-0.2, -0.15) is 0 Å². The van der Waals surface area contributed by atoms with Crippen molar-refractivity contribution in [3.63, 3.8) is 0 Å². The molecular weight excluding hydrogens is 312 g/mol. The molecule has 0 aliphatic heterocycles. The van der Waals surface area contributed by atoms with Gasteiger partial charge in [-0.05, 0) is 46.8 Å². The van der Waals surface area contributed by atoms with Crippen molar-refractivity contribution in [1.29, 1.82) is 0 Å². The minimum atomic E-state index is -1.00. The molecule has 25 heavy (non-hydrogen) atoms. The van der Waals surface area contributed by atoms with Crippen molar-refractivity contribution in [3.05, 3.63) is 34.9 Å². The first-order chi connectivity index (χ1) is 11.4. The van der Waals surface area contributed by atoms with Crippen molar-refractivity contribution >= 4 is 11.8 Å². The number of hydrogen-bond acceptors (Lipinski definition) is 3. The highest BCUT2D eigenvalue weighted by atomic mass is 16.5. The molecule has 3 heteroatoms. The molecular formula is C22H32O3. The topological polar surface area (TPSA) is 43.4 Å². The zero-order valence-electron chi connectivity index (χ0n) is 16.8. The van der Waals surface area contributed by atoms with Crippen LogP contribution in [0.15, 0.2) is 18.2 Å². The first-order valence-electron chi connectivity index (χ1n) is 9.17. The minimum Gasteiger partial charge on any atom is -0.468 e. The summed E-state index contributed by atoms with van der Waals surface area (Å²) in [5, 5.41) is 0. The molecule has 0 radical (unpaired) electrons. The van der Waals surface area contributed by atoms with Crippen LogP contribution in [0.1, 0.15) is 77.5 Å². The van der Waals surface area contributed by atoms with Crippen molar-refractivity contribution in [2.75, 3.05) is 7.11 Å². The van der Waals surface area contributed by atoms with Gasteiger partial charge < -0.3 is 4.74 Å². The van der Waals surface area contributed by atoms with E-state index in [1.54, 1.807) is 0 Å². The predicted octanol–water partition coefficient (Wildman–Crippen LogP) is 4.74. The second-order valence-electron chi connectivity index (χ2n) is 9.40. The summed E-state index contributed by atoms with van der Waals surface area (Å²) >= 11 is 0. The fraction of sp³-hybridized carbons (Fsp3) is 0.636. The lowest BCUT2D eigenvalue weighted by molar-refractivity contribution is -0.156. The Kier molecular flexibility index (Phi) is 5.18. The molecule has 0 spiro atoms. The van der Waals surface area contributed by atoms with Crippen LogP contribution in [-0.4, -0.2) is 18.9 Å². The van der Waals surface area contributed by atoms with Gasteiger partial charge in [0.2, 0.25) is 0 Å². The summed E-state index contributed by atoms with van der Waals surface area (Å²) in [6, 6.07) is 6.49. The Morgan fingerprint density at radius 3 is 2.20 bits per heavy atom. The van der Waals surface area contributed by atoms with Gasteiger partial charge in [-0.3, -0.25) is 9.59 Å². The summed E-state index contributed by atoms with van der Waals surface area (Å²) in [5.74, 6) is -0.353. The number of benzene rings is 1. The van der Waals surface area contributed by atoms with E-state index in [1.807, 2.05) is 0 Å². The highest BCUT2D eigenvalue weighted by Crippen LogP contribution is 2.42. The Balaban J connectivity index is 2.55. The number of rotatable bonds is 3. The Bertz CT molecular complexity index is 673. The summed E-state index contributed by atoms with van der Waals surface area (Å²) in [4.78, 5) is 25.1. The van der Waals surface area contributed by atoms with Crippen LogP contribution in [-0.2, 0) is 31.6 Å². The number of methoxy groups -OCH3 is 1. The third kappa shape index (κ3) is 3.80. The number of carbonyl (C=O) groups excluding carboxylic acids is 2. The second kappa shape index (κ2) is 6.59. The van der Waals surface area contributed by atoms with Gasteiger partial charge in [-0.1, -0.05) is 59.7 Å². The molecule has 0 amide bonds. The van der Waals surface area contributed by atoms with Gasteiger partial charge >= 0.3 is 5.97 Å². The lowest BCUT2D eigenvalue weighted by Gasteiger charge is -2.31. The van der Waals surface area contributed by atoms with Crippen LogP contribution in [0.3, 0.4) is 0 Å². The summed E-state index contributed by atoms with van der Waals surface area (Å²) in [6.07, 6.45) is 2.26. The van der Waals surface area contributed by atoms with Gasteiger partial charge in [0.05, 0.1) is 7.11 Å². The van der Waals surface area contributed by atoms with Crippen LogP contribution < -0.4 is 0 Å². The van der Waals surface area contributed by atoms with Crippen molar-refractivity contribution in [1.82, 2.24) is 0 Å². The molecule has 0 bridgehead atoms. The molecule has 0 N–H and O–H groups in total. The summed E-state index contributed by atoms with van der Waals surface area (Å²) in [7, 11) is 1.38. The quantitative estimate of drug-likeness (QED) is 0.588. The Morgan fingerprint density at radius 2 is 1.76 bits per heavy atom. The van der Waals surface area contributed by atoms with E-state index in [4.69, 9.17) is 4.74 Å². The van der Waals surface area contributed by atoms with Gasteiger partial charge in [-0.25, -0.2) is 0 Å². The fourth-order valence-corrected chi connectivity index (χ4v) is 3.82. The molecule has 1 aliphatic carbocycles. The van der Waals surface area contributed by atoms with Gasteiger partial charge in [0.25, 0.3) is 0 Å². The van der Waals surface area contributed by atoms with Crippen LogP contribution in [0, 0.1) is 5.41 Å². The molecule has 0 heterocycles. The van der Waals surface area contributed by atoms with E-state index in [0.717, 1.165) is 12.0 Å². The zero-order valence-corrected chi connectivity index (χ0v) is 16.8. The van der Waals surface area contributed by atoms with Gasteiger partial charge in [0, 0.05) is 6.42 Å². The second-order valence-corrected chi connectivity index (χ2v) is 9.40. The Labute approximate surface area is 152 Å². The van der Waals surface area contributed by atoms with Crippen LogP contribution in [0.5, 0.6) is 0 Å². The maximum absolute atomic E-state index is 12.6. The Morgan fingerprint density at radius 1 is 1.12 bits per heavy atom. The monoisotopic (exact) mass is 344 g/mol. The maximum Gasteiger partial charge on any atom is 0.319 e. The largest absolute Gasteiger partial charge is 0.468 e. The third-order valence-corrected chi connectivity index (χ3v) is 5.39. The molecule has 138 valence electrons. The van der Waals surface area contributed by atoms with Gasteiger partial charge in [0.1, 0.15) is 5.41 Å². The lowest BCUT2D eigenvalue weighted by Crippen LogP contribution is -2.39. The number of hydrogen-bond donors (Lipinski definition) is 0. The number of carbonyl (C=O) groups is 2. The van der Waals surface area contributed by atoms with Crippen LogP contribution in [0.2, 0.25) is 0 Å². The van der Waals surface area contributed by atoms with Crippen LogP contribution in [0.4, 0.5) is 0 Å². The number of ether oxygens (including phenoxy) is 1. The molecule has 2 rings (SSSR count). The normalized spacial score (nSPS) is 21.5. The van der Waals surface area contributed by atoms with E-state index >= 15 is 0 Å². The first-order valence-corrected chi connectivity index (χ1v) is 9.17. The average molecular weight is 344 g/mol. The number of Topliss-reactive ketones (excluding diaryl/α,β-unsaturated/α-hetero) is 1. The molecule has 1 unspecified atom stereocenters. The summed E-state index contributed by atoms with van der Waals surface area (Å²) in [5.41, 5.74) is 2.56. The highest BCUT2D eigenvalue weighted by Gasteiger charge is 2.50. The first kappa shape index (κ1) is 19.7. The maximum atomic E-state index is 12.6. The molecule has 1 fully saturated rings. The lowest BCUT2D eigenvalue weighted by atomic mass is 9.73. The van der Waals surface area contributed by atoms with E-state index in [2.05, 4.69) is 59.7 Å². The predicted molar refractivity (Wildman–Crippen MR) is 101 cm³/mol. The van der Waals surface area contributed by atoms with E-state index in [1.165, 1.54) is 18.2 Å². The van der Waals surface area contributed by atoms with Gasteiger partial charge in [0.15, 0.2) is 5.78 Å².